The van der Waals surface area contributed by atoms with Gasteiger partial charge in [0.2, 0.25) is 0 Å². The number of cyclic esters (lactones) is 1. The van der Waals surface area contributed by atoms with Gasteiger partial charge in [-0.15, -0.1) is 0 Å². The summed E-state index contributed by atoms with van der Waals surface area (Å²) >= 11 is 0. The van der Waals surface area contributed by atoms with Crippen LogP contribution >= 0.6 is 0 Å². The van der Waals surface area contributed by atoms with Crippen LogP contribution < -0.4 is 10.9 Å². The van der Waals surface area contributed by atoms with E-state index in [1.165, 1.54) is 10.6 Å². The standard InChI is InChI=1S/C25H22FN3O6/c1-3-25(34)14-6-18-21-12(8-29(18)22(30)13(14)9-35-23(25)31)20-16(28-24(32)33)5-4-11-10(2)15(26)7-17(27-21)19(11)20/h6-7,16,28,34H,3-5,8-9H2,1-2H3,(H,32,33)/t16-,25-/m0/s1. The zero-order valence-electron chi connectivity index (χ0n) is 19.1. The zero-order chi connectivity index (χ0) is 24.8. The maximum Gasteiger partial charge on any atom is 0.405 e. The van der Waals surface area contributed by atoms with Crippen molar-refractivity contribution in [1.29, 1.82) is 0 Å². The van der Waals surface area contributed by atoms with Crippen LogP contribution in [0.1, 0.15) is 59.2 Å². The first-order chi connectivity index (χ1) is 16.7. The van der Waals surface area contributed by atoms with Gasteiger partial charge in [0.15, 0.2) is 5.60 Å². The van der Waals surface area contributed by atoms with Gasteiger partial charge in [-0.05, 0) is 48.9 Å². The molecule has 1 amide bonds. The molecule has 2 aliphatic heterocycles. The van der Waals surface area contributed by atoms with Crippen molar-refractivity contribution in [3.63, 3.8) is 0 Å². The van der Waals surface area contributed by atoms with Gasteiger partial charge in [-0.2, -0.15) is 0 Å². The van der Waals surface area contributed by atoms with Crippen molar-refractivity contribution in [3.8, 4) is 11.4 Å². The van der Waals surface area contributed by atoms with Crippen molar-refractivity contribution in [2.45, 2.75) is 57.9 Å². The molecule has 0 saturated carbocycles. The second-order valence-corrected chi connectivity index (χ2v) is 9.35. The number of esters is 1. The van der Waals surface area contributed by atoms with Gasteiger partial charge in [-0.25, -0.2) is 19.0 Å². The van der Waals surface area contributed by atoms with E-state index in [2.05, 4.69) is 5.32 Å². The van der Waals surface area contributed by atoms with Crippen molar-refractivity contribution >= 4 is 23.0 Å². The number of hydrogen-bond acceptors (Lipinski definition) is 6. The third-order valence-electron chi connectivity index (χ3n) is 7.68. The van der Waals surface area contributed by atoms with Gasteiger partial charge in [0.25, 0.3) is 5.56 Å². The van der Waals surface area contributed by atoms with E-state index in [1.54, 1.807) is 19.9 Å². The Balaban J connectivity index is 1.68. The number of fused-ring (bicyclic) bond motifs is 5. The molecule has 10 heteroatoms. The number of nitrogens with one attached hydrogen (secondary N) is 1. The molecule has 180 valence electrons. The van der Waals surface area contributed by atoms with Crippen molar-refractivity contribution in [2.75, 3.05) is 0 Å². The molecular weight excluding hydrogens is 457 g/mol. The quantitative estimate of drug-likeness (QED) is 0.377. The molecule has 9 nitrogen and oxygen atoms in total. The molecule has 3 aliphatic rings. The van der Waals surface area contributed by atoms with E-state index in [1.807, 2.05) is 0 Å². The van der Waals surface area contributed by atoms with Crippen molar-refractivity contribution in [3.05, 3.63) is 61.7 Å². The third kappa shape index (κ3) is 2.77. The highest BCUT2D eigenvalue weighted by molar-refractivity contribution is 5.93. The number of carboxylic acid groups (broad SMARTS) is 1. The van der Waals surface area contributed by atoms with Crippen LogP contribution in [0, 0.1) is 12.7 Å². The van der Waals surface area contributed by atoms with E-state index >= 15 is 0 Å². The second kappa shape index (κ2) is 7.11. The van der Waals surface area contributed by atoms with Gasteiger partial charge < -0.3 is 24.8 Å². The van der Waals surface area contributed by atoms with E-state index in [0.717, 1.165) is 5.56 Å². The molecule has 1 aromatic carbocycles. The van der Waals surface area contributed by atoms with Crippen LogP contribution in [-0.2, 0) is 34.7 Å². The Labute approximate surface area is 198 Å². The predicted molar refractivity (Wildman–Crippen MR) is 121 cm³/mol. The van der Waals surface area contributed by atoms with Crippen molar-refractivity contribution < 1.29 is 28.9 Å². The first kappa shape index (κ1) is 21.7. The molecule has 0 fully saturated rings. The molecule has 3 aromatic rings. The second-order valence-electron chi connectivity index (χ2n) is 9.35. The summed E-state index contributed by atoms with van der Waals surface area (Å²) in [6.07, 6.45) is -0.233. The molecular formula is C25H22FN3O6. The summed E-state index contributed by atoms with van der Waals surface area (Å²) in [4.78, 5) is 42.2. The fraction of sp³-hybridized carbons (Fsp3) is 0.360. The summed E-state index contributed by atoms with van der Waals surface area (Å²) in [6.45, 7) is 3.22. The number of nitrogens with zero attached hydrogens (tertiary/aromatic N) is 2. The number of amides is 1. The van der Waals surface area contributed by atoms with Crippen LogP contribution in [0.25, 0.3) is 22.3 Å². The Bertz CT molecular complexity index is 1560. The van der Waals surface area contributed by atoms with E-state index in [4.69, 9.17) is 9.72 Å². The molecule has 0 unspecified atom stereocenters. The minimum atomic E-state index is -1.96. The zero-order valence-corrected chi connectivity index (χ0v) is 19.1. The van der Waals surface area contributed by atoms with Crippen LogP contribution in [0.15, 0.2) is 16.9 Å². The highest BCUT2D eigenvalue weighted by atomic mass is 19.1. The normalized spacial score (nSPS) is 21.8. The molecule has 35 heavy (non-hydrogen) atoms. The highest BCUT2D eigenvalue weighted by Gasteiger charge is 2.46. The monoisotopic (exact) mass is 479 g/mol. The molecule has 6 rings (SSSR count). The van der Waals surface area contributed by atoms with Crippen molar-refractivity contribution in [2.24, 2.45) is 0 Å². The lowest BCUT2D eigenvalue weighted by molar-refractivity contribution is -0.172. The minimum absolute atomic E-state index is 0.0173. The van der Waals surface area contributed by atoms with E-state index in [9.17, 15) is 29.0 Å². The lowest BCUT2D eigenvalue weighted by Gasteiger charge is -2.31. The first-order valence-corrected chi connectivity index (χ1v) is 11.5. The molecule has 2 atom stereocenters. The molecule has 0 radical (unpaired) electrons. The summed E-state index contributed by atoms with van der Waals surface area (Å²) in [5.74, 6) is -1.22. The topological polar surface area (TPSA) is 131 Å². The SMILES string of the molecule is CC[C@@]1(O)C(=O)OCc2c1cc1n(c2=O)Cc2c-1nc1cc(F)c(C)c3c1c2[C@@H](NC(=O)O)CC3. The number of aliphatic hydroxyl groups is 1. The largest absolute Gasteiger partial charge is 0.465 e. The van der Waals surface area contributed by atoms with Crippen LogP contribution in [0.2, 0.25) is 0 Å². The number of rotatable bonds is 2. The number of halogens is 1. The summed E-state index contributed by atoms with van der Waals surface area (Å²) < 4.78 is 21.4. The number of carbonyl (C=O) groups excluding carboxylic acids is 1. The summed E-state index contributed by atoms with van der Waals surface area (Å²) in [6, 6.07) is 2.37. The first-order valence-electron chi connectivity index (χ1n) is 11.5. The number of carbonyl (C=O) groups is 2. The Kier molecular flexibility index (Phi) is 4.41. The number of aryl methyl sites for hydroxylation is 1. The average Bonchev–Trinajstić information content (AvgIpc) is 3.19. The van der Waals surface area contributed by atoms with Crippen LogP contribution in [-0.4, -0.2) is 31.8 Å². The lowest BCUT2D eigenvalue weighted by Crippen LogP contribution is -2.44. The Hall–Kier alpha value is -3.79. The maximum atomic E-state index is 14.8. The number of benzene rings is 1. The van der Waals surface area contributed by atoms with Gasteiger partial charge in [-0.3, -0.25) is 4.79 Å². The molecule has 0 spiro atoms. The minimum Gasteiger partial charge on any atom is -0.465 e. The van der Waals surface area contributed by atoms with Crippen LogP contribution in [0.5, 0.6) is 0 Å². The maximum absolute atomic E-state index is 14.8. The number of aromatic nitrogens is 2. The number of pyridine rings is 2. The predicted octanol–water partition coefficient (Wildman–Crippen LogP) is 2.78. The van der Waals surface area contributed by atoms with Gasteiger partial charge in [0.05, 0.1) is 35.1 Å². The highest BCUT2D eigenvalue weighted by Crippen LogP contribution is 2.45. The smallest absolute Gasteiger partial charge is 0.405 e. The van der Waals surface area contributed by atoms with Crippen LogP contribution in [0.3, 0.4) is 0 Å². The Morgan fingerprint density at radius 1 is 1.31 bits per heavy atom. The molecule has 2 aromatic heterocycles. The fourth-order valence-electron chi connectivity index (χ4n) is 5.85. The number of hydrogen-bond donors (Lipinski definition) is 3. The average molecular weight is 479 g/mol. The van der Waals surface area contributed by atoms with E-state index < -0.39 is 35.1 Å². The molecule has 4 heterocycles. The molecule has 3 N–H and O–H groups in total. The van der Waals surface area contributed by atoms with Crippen molar-refractivity contribution in [1.82, 2.24) is 14.9 Å². The van der Waals surface area contributed by atoms with Gasteiger partial charge in [0, 0.05) is 22.6 Å². The van der Waals surface area contributed by atoms with E-state index in [-0.39, 0.29) is 30.7 Å². The summed E-state index contributed by atoms with van der Waals surface area (Å²) in [5.41, 5.74) is 1.86. The summed E-state index contributed by atoms with van der Waals surface area (Å²) in [5, 5.41) is 23.8. The summed E-state index contributed by atoms with van der Waals surface area (Å²) in [7, 11) is 0. The Morgan fingerprint density at radius 3 is 2.80 bits per heavy atom. The van der Waals surface area contributed by atoms with E-state index in [0.29, 0.717) is 51.8 Å². The fourth-order valence-corrected chi connectivity index (χ4v) is 5.85. The molecule has 1 aliphatic carbocycles. The molecule has 0 saturated heterocycles. The van der Waals surface area contributed by atoms with Gasteiger partial charge in [0.1, 0.15) is 12.4 Å². The Morgan fingerprint density at radius 2 is 2.09 bits per heavy atom. The van der Waals surface area contributed by atoms with Gasteiger partial charge >= 0.3 is 12.1 Å². The van der Waals surface area contributed by atoms with Crippen LogP contribution in [0.4, 0.5) is 9.18 Å². The van der Waals surface area contributed by atoms with Gasteiger partial charge in [-0.1, -0.05) is 6.92 Å². The lowest BCUT2D eigenvalue weighted by atomic mass is 9.81. The number of ether oxygens (including phenoxy) is 1. The molecule has 0 bridgehead atoms. The third-order valence-corrected chi connectivity index (χ3v) is 7.68.